The topological polar surface area (TPSA) is 73.6 Å². The lowest BCUT2D eigenvalue weighted by atomic mass is 9.96. The summed E-state index contributed by atoms with van der Waals surface area (Å²) >= 11 is 0. The van der Waals surface area contributed by atoms with Crippen molar-refractivity contribution in [1.82, 2.24) is 19.6 Å². The van der Waals surface area contributed by atoms with Crippen LogP contribution in [0.5, 0.6) is 0 Å². The molecule has 2 rings (SSSR count). The van der Waals surface area contributed by atoms with Gasteiger partial charge in [0.25, 0.3) is 0 Å². The predicted octanol–water partition coefficient (Wildman–Crippen LogP) is 0.679. The zero-order valence-corrected chi connectivity index (χ0v) is 13.0. The minimum Gasteiger partial charge on any atom is -0.391 e. The average Bonchev–Trinajstić information content (AvgIpc) is 2.87. The minimum atomic E-state index is -0.442. The van der Waals surface area contributed by atoms with E-state index < -0.39 is 6.10 Å². The zero-order valence-electron chi connectivity index (χ0n) is 13.0. The Morgan fingerprint density at radius 3 is 3.00 bits per heavy atom. The lowest BCUT2D eigenvalue weighted by Gasteiger charge is -2.33. The maximum atomic E-state index is 12.1. The highest BCUT2D eigenvalue weighted by molar-refractivity contribution is 5.88. The van der Waals surface area contributed by atoms with Crippen LogP contribution in [0.2, 0.25) is 0 Å². The minimum absolute atomic E-state index is 0.196. The van der Waals surface area contributed by atoms with E-state index in [1.165, 1.54) is 0 Å². The van der Waals surface area contributed by atoms with E-state index in [4.69, 9.17) is 0 Å². The van der Waals surface area contributed by atoms with Crippen molar-refractivity contribution in [2.24, 2.45) is 5.92 Å². The molecule has 1 saturated heterocycles. The number of nitrogens with zero attached hydrogens (tertiary/aromatic N) is 4. The molecule has 2 atom stereocenters. The fourth-order valence-corrected chi connectivity index (χ4v) is 2.28. The van der Waals surface area contributed by atoms with Crippen LogP contribution < -0.4 is 5.32 Å². The van der Waals surface area contributed by atoms with Gasteiger partial charge < -0.3 is 14.9 Å². The molecule has 7 nitrogen and oxygen atoms in total. The molecule has 0 aliphatic carbocycles. The summed E-state index contributed by atoms with van der Waals surface area (Å²) in [6, 6.07) is 1.59. The van der Waals surface area contributed by atoms with Crippen LogP contribution in [0.3, 0.4) is 0 Å². The van der Waals surface area contributed by atoms with Crippen molar-refractivity contribution in [3.63, 3.8) is 0 Å². The molecule has 2 unspecified atom stereocenters. The second-order valence-electron chi connectivity index (χ2n) is 5.98. The summed E-state index contributed by atoms with van der Waals surface area (Å²) < 4.78 is 1.81. The number of carbonyl (C=O) groups excluding carboxylic acids is 1. The molecule has 0 radical (unpaired) electrons. The van der Waals surface area contributed by atoms with Gasteiger partial charge in [-0.1, -0.05) is 6.92 Å². The van der Waals surface area contributed by atoms with Crippen molar-refractivity contribution in [1.29, 1.82) is 0 Å². The number of aliphatic hydroxyl groups excluding tert-OH is 1. The van der Waals surface area contributed by atoms with Gasteiger partial charge in [-0.05, 0) is 26.4 Å². The summed E-state index contributed by atoms with van der Waals surface area (Å²) in [4.78, 5) is 15.9. The van der Waals surface area contributed by atoms with Crippen molar-refractivity contribution < 1.29 is 9.90 Å². The Balaban J connectivity index is 1.85. The molecule has 118 valence electrons. The average molecular weight is 295 g/mol. The highest BCUT2D eigenvalue weighted by atomic mass is 16.3. The fourth-order valence-electron chi connectivity index (χ4n) is 2.28. The second-order valence-corrected chi connectivity index (χ2v) is 5.98. The molecular formula is C14H25N5O2. The molecule has 0 bridgehead atoms. The van der Waals surface area contributed by atoms with Crippen LogP contribution in [0.25, 0.3) is 0 Å². The van der Waals surface area contributed by atoms with Crippen molar-refractivity contribution in [2.75, 3.05) is 39.0 Å². The van der Waals surface area contributed by atoms with Crippen molar-refractivity contribution >= 4 is 11.8 Å². The van der Waals surface area contributed by atoms with Crippen LogP contribution in [-0.4, -0.2) is 70.6 Å². The van der Waals surface area contributed by atoms with Gasteiger partial charge in [0.05, 0.1) is 12.6 Å². The summed E-state index contributed by atoms with van der Waals surface area (Å²) in [7, 11) is 4.02. The van der Waals surface area contributed by atoms with Crippen molar-refractivity contribution in [2.45, 2.75) is 26.0 Å². The molecule has 1 fully saturated rings. The first kappa shape index (κ1) is 15.8. The molecule has 7 heteroatoms. The molecule has 2 heterocycles. The molecular weight excluding hydrogens is 270 g/mol. The third-order valence-electron chi connectivity index (χ3n) is 3.86. The van der Waals surface area contributed by atoms with Gasteiger partial charge in [-0.2, -0.15) is 5.10 Å². The Kier molecular flexibility index (Phi) is 5.19. The first-order valence-electron chi connectivity index (χ1n) is 7.38. The number of hydrogen-bond donors (Lipinski definition) is 2. The van der Waals surface area contributed by atoms with Crippen LogP contribution in [0.4, 0.5) is 10.6 Å². The number of anilines is 1. The number of hydrogen-bond acceptors (Lipinski definition) is 4. The summed E-state index contributed by atoms with van der Waals surface area (Å²) in [6.45, 7) is 4.74. The first-order chi connectivity index (χ1) is 9.95. The number of carbonyl (C=O) groups is 1. The molecule has 2 amide bonds. The lowest BCUT2D eigenvalue weighted by molar-refractivity contribution is 0.0463. The summed E-state index contributed by atoms with van der Waals surface area (Å²) in [5, 5.41) is 16.9. The normalized spacial score (nSPS) is 22.6. The summed E-state index contributed by atoms with van der Waals surface area (Å²) in [5.41, 5.74) is 0. The Bertz CT molecular complexity index is 474. The molecule has 0 saturated carbocycles. The maximum absolute atomic E-state index is 12.1. The molecule has 1 aliphatic heterocycles. The van der Waals surface area contributed by atoms with Crippen LogP contribution in [0, 0.1) is 5.92 Å². The van der Waals surface area contributed by atoms with Gasteiger partial charge in [0.15, 0.2) is 5.82 Å². The third kappa shape index (κ3) is 4.44. The van der Waals surface area contributed by atoms with E-state index >= 15 is 0 Å². The largest absolute Gasteiger partial charge is 0.391 e. The van der Waals surface area contributed by atoms with Crippen LogP contribution in [0.15, 0.2) is 12.3 Å². The van der Waals surface area contributed by atoms with Gasteiger partial charge >= 0.3 is 6.03 Å². The maximum Gasteiger partial charge on any atom is 0.323 e. The van der Waals surface area contributed by atoms with Crippen LogP contribution in [-0.2, 0) is 6.54 Å². The number of piperidine rings is 1. The van der Waals surface area contributed by atoms with Gasteiger partial charge in [0.2, 0.25) is 0 Å². The number of β-amino-alcohol motifs (C(OH)–C–C–N with tert-alkyl or cyclic N) is 1. The standard InChI is InChI=1S/C14H25N5O2/c1-11-4-6-18(10-12(11)20)14(21)15-13-5-7-19(16-13)9-8-17(2)3/h5,7,11-12,20H,4,6,8-10H2,1-3H3,(H,15,16,21). The number of nitrogens with one attached hydrogen (secondary N) is 1. The van der Waals surface area contributed by atoms with E-state index in [0.29, 0.717) is 18.9 Å². The van der Waals surface area contributed by atoms with E-state index in [-0.39, 0.29) is 11.9 Å². The number of aromatic nitrogens is 2. The number of aliphatic hydroxyl groups is 1. The summed E-state index contributed by atoms with van der Waals surface area (Å²) in [6.07, 6.45) is 2.24. The predicted molar refractivity (Wildman–Crippen MR) is 81.2 cm³/mol. The Labute approximate surface area is 125 Å². The molecule has 0 spiro atoms. The molecule has 1 aromatic rings. The van der Waals surface area contributed by atoms with Crippen molar-refractivity contribution in [3.05, 3.63) is 12.3 Å². The number of likely N-dealkylation sites (tertiary alicyclic amines) is 1. The van der Waals surface area contributed by atoms with E-state index in [9.17, 15) is 9.90 Å². The lowest BCUT2D eigenvalue weighted by Crippen LogP contribution is -2.47. The fraction of sp³-hybridized carbons (Fsp3) is 0.714. The molecule has 21 heavy (non-hydrogen) atoms. The molecule has 1 aromatic heterocycles. The SMILES string of the molecule is CC1CCN(C(=O)Nc2ccn(CCN(C)C)n2)CC1O. The van der Waals surface area contributed by atoms with Gasteiger partial charge in [-0.25, -0.2) is 4.79 Å². The quantitative estimate of drug-likeness (QED) is 0.856. The second kappa shape index (κ2) is 6.91. The van der Waals surface area contributed by atoms with Gasteiger partial charge in [-0.15, -0.1) is 0 Å². The van der Waals surface area contributed by atoms with Crippen LogP contribution in [0.1, 0.15) is 13.3 Å². The molecule has 1 aliphatic rings. The number of rotatable bonds is 4. The number of amides is 2. The monoisotopic (exact) mass is 295 g/mol. The van der Waals surface area contributed by atoms with E-state index in [2.05, 4.69) is 15.3 Å². The highest BCUT2D eigenvalue weighted by Crippen LogP contribution is 2.17. The van der Waals surface area contributed by atoms with Crippen LogP contribution >= 0.6 is 0 Å². The molecule has 2 N–H and O–H groups in total. The first-order valence-corrected chi connectivity index (χ1v) is 7.38. The Hall–Kier alpha value is -1.60. The summed E-state index contributed by atoms with van der Waals surface area (Å²) in [5.74, 6) is 0.797. The molecule has 0 aromatic carbocycles. The third-order valence-corrected chi connectivity index (χ3v) is 3.86. The van der Waals surface area contributed by atoms with E-state index in [1.54, 1.807) is 11.0 Å². The zero-order chi connectivity index (χ0) is 15.4. The van der Waals surface area contributed by atoms with E-state index in [0.717, 1.165) is 19.5 Å². The van der Waals surface area contributed by atoms with Gasteiger partial charge in [0, 0.05) is 31.9 Å². The number of urea groups is 1. The van der Waals surface area contributed by atoms with Gasteiger partial charge in [-0.3, -0.25) is 10.00 Å². The van der Waals surface area contributed by atoms with Crippen molar-refractivity contribution in [3.8, 4) is 0 Å². The highest BCUT2D eigenvalue weighted by Gasteiger charge is 2.27. The smallest absolute Gasteiger partial charge is 0.323 e. The van der Waals surface area contributed by atoms with E-state index in [1.807, 2.05) is 31.9 Å². The van der Waals surface area contributed by atoms with Gasteiger partial charge in [0.1, 0.15) is 0 Å². The Morgan fingerprint density at radius 2 is 2.33 bits per heavy atom. The number of likely N-dealkylation sites (N-methyl/N-ethyl adjacent to an activating group) is 1. The Morgan fingerprint density at radius 1 is 1.57 bits per heavy atom.